The summed E-state index contributed by atoms with van der Waals surface area (Å²) >= 11 is 0. The fraction of sp³-hybridized carbons (Fsp3) is 0.200. The standard InChI is InChI=1S/C25H24N2O5/c1-14-8-15(2)10-17(9-14)25-27-19-13-18(6-7-20(19)32-25)26-24(28)16-11-21(29-3)23(31-5)22(12-16)30-4/h6-13H,1-5H3,(H,26,28). The van der Waals surface area contributed by atoms with Crippen molar-refractivity contribution in [3.63, 3.8) is 0 Å². The fourth-order valence-electron chi connectivity index (χ4n) is 3.64. The number of ether oxygens (including phenoxy) is 3. The van der Waals surface area contributed by atoms with Crippen molar-refractivity contribution in [2.24, 2.45) is 0 Å². The highest BCUT2D eigenvalue weighted by Crippen LogP contribution is 2.38. The predicted molar refractivity (Wildman–Crippen MR) is 123 cm³/mol. The Balaban J connectivity index is 1.63. The van der Waals surface area contributed by atoms with E-state index in [1.165, 1.54) is 21.3 Å². The third-order valence-corrected chi connectivity index (χ3v) is 5.04. The molecular weight excluding hydrogens is 408 g/mol. The average molecular weight is 432 g/mol. The number of methoxy groups -OCH3 is 3. The van der Waals surface area contributed by atoms with Gasteiger partial charge in [-0.2, -0.15) is 0 Å². The first kappa shape index (κ1) is 21.2. The molecule has 7 heteroatoms. The molecule has 32 heavy (non-hydrogen) atoms. The number of benzene rings is 3. The number of fused-ring (bicyclic) bond motifs is 1. The molecule has 1 heterocycles. The number of carbonyl (C=O) groups excluding carboxylic acids is 1. The molecule has 0 atom stereocenters. The second-order valence-corrected chi connectivity index (χ2v) is 7.45. The molecule has 164 valence electrons. The van der Waals surface area contributed by atoms with Crippen LogP contribution in [0.4, 0.5) is 5.69 Å². The lowest BCUT2D eigenvalue weighted by molar-refractivity contribution is 0.102. The second-order valence-electron chi connectivity index (χ2n) is 7.45. The maximum atomic E-state index is 12.9. The predicted octanol–water partition coefficient (Wildman–Crippen LogP) is 5.39. The number of anilines is 1. The third kappa shape index (κ3) is 4.09. The van der Waals surface area contributed by atoms with Gasteiger partial charge in [-0.3, -0.25) is 4.79 Å². The van der Waals surface area contributed by atoms with Gasteiger partial charge in [-0.05, 0) is 56.3 Å². The van der Waals surface area contributed by atoms with Gasteiger partial charge in [0.1, 0.15) is 5.52 Å². The summed E-state index contributed by atoms with van der Waals surface area (Å²) in [6, 6.07) is 14.7. The Labute approximate surface area is 185 Å². The molecule has 0 aliphatic rings. The molecule has 0 radical (unpaired) electrons. The molecule has 1 N–H and O–H groups in total. The maximum absolute atomic E-state index is 12.9. The lowest BCUT2D eigenvalue weighted by atomic mass is 10.1. The minimum absolute atomic E-state index is 0.318. The van der Waals surface area contributed by atoms with Crippen molar-refractivity contribution < 1.29 is 23.4 Å². The van der Waals surface area contributed by atoms with Crippen molar-refractivity contribution in [1.82, 2.24) is 4.98 Å². The van der Waals surface area contributed by atoms with Crippen molar-refractivity contribution in [3.8, 4) is 28.7 Å². The van der Waals surface area contributed by atoms with Crippen LogP contribution in [-0.2, 0) is 0 Å². The summed E-state index contributed by atoms with van der Waals surface area (Å²) in [5.74, 6) is 1.46. The highest BCUT2D eigenvalue weighted by atomic mass is 16.5. The van der Waals surface area contributed by atoms with Gasteiger partial charge in [-0.1, -0.05) is 17.2 Å². The first-order valence-corrected chi connectivity index (χ1v) is 10.0. The quantitative estimate of drug-likeness (QED) is 0.440. The number of nitrogens with one attached hydrogen (secondary N) is 1. The fourth-order valence-corrected chi connectivity index (χ4v) is 3.64. The molecular formula is C25H24N2O5. The Hall–Kier alpha value is -4.00. The molecule has 4 rings (SSSR count). The van der Waals surface area contributed by atoms with Crippen molar-refractivity contribution in [2.45, 2.75) is 13.8 Å². The van der Waals surface area contributed by atoms with Crippen LogP contribution in [-0.4, -0.2) is 32.2 Å². The number of aryl methyl sites for hydroxylation is 2. The second kappa shape index (κ2) is 8.63. The van der Waals surface area contributed by atoms with Crippen LogP contribution in [0.5, 0.6) is 17.2 Å². The molecule has 0 bridgehead atoms. The van der Waals surface area contributed by atoms with E-state index in [4.69, 9.17) is 18.6 Å². The Morgan fingerprint density at radius 3 is 2.12 bits per heavy atom. The van der Waals surface area contributed by atoms with E-state index in [0.29, 0.717) is 45.5 Å². The summed E-state index contributed by atoms with van der Waals surface area (Å²) in [5, 5.41) is 2.89. The smallest absolute Gasteiger partial charge is 0.255 e. The number of oxazole rings is 1. The van der Waals surface area contributed by atoms with Gasteiger partial charge in [0.2, 0.25) is 11.6 Å². The Bertz CT molecular complexity index is 1260. The largest absolute Gasteiger partial charge is 0.493 e. The van der Waals surface area contributed by atoms with Crippen molar-refractivity contribution in [1.29, 1.82) is 0 Å². The summed E-state index contributed by atoms with van der Waals surface area (Å²) in [4.78, 5) is 17.5. The van der Waals surface area contributed by atoms with Crippen molar-refractivity contribution in [2.75, 3.05) is 26.6 Å². The van der Waals surface area contributed by atoms with Gasteiger partial charge in [0.15, 0.2) is 17.1 Å². The van der Waals surface area contributed by atoms with Crippen LogP contribution in [0.15, 0.2) is 52.9 Å². The van der Waals surface area contributed by atoms with Crippen LogP contribution in [0.1, 0.15) is 21.5 Å². The van der Waals surface area contributed by atoms with Gasteiger partial charge in [0.05, 0.1) is 21.3 Å². The van der Waals surface area contributed by atoms with Gasteiger partial charge >= 0.3 is 0 Å². The highest BCUT2D eigenvalue weighted by Gasteiger charge is 2.18. The van der Waals surface area contributed by atoms with E-state index in [1.54, 1.807) is 30.3 Å². The van der Waals surface area contributed by atoms with Gasteiger partial charge in [-0.25, -0.2) is 4.98 Å². The molecule has 0 spiro atoms. The SMILES string of the molecule is COc1cc(C(=O)Nc2ccc3oc(-c4cc(C)cc(C)c4)nc3c2)cc(OC)c1OC. The van der Waals surface area contributed by atoms with Gasteiger partial charge in [0.25, 0.3) is 5.91 Å². The third-order valence-electron chi connectivity index (χ3n) is 5.04. The summed E-state index contributed by atoms with van der Waals surface area (Å²) in [6.45, 7) is 4.08. The van der Waals surface area contributed by atoms with E-state index in [1.807, 2.05) is 26.0 Å². The van der Waals surface area contributed by atoms with Crippen LogP contribution in [0, 0.1) is 13.8 Å². The molecule has 0 aliphatic carbocycles. The minimum Gasteiger partial charge on any atom is -0.493 e. The number of carbonyl (C=O) groups is 1. The first-order chi connectivity index (χ1) is 15.4. The van der Waals surface area contributed by atoms with Crippen molar-refractivity contribution >= 4 is 22.7 Å². The monoisotopic (exact) mass is 432 g/mol. The highest BCUT2D eigenvalue weighted by molar-refractivity contribution is 6.05. The summed E-state index contributed by atoms with van der Waals surface area (Å²) in [5.41, 5.74) is 5.46. The average Bonchev–Trinajstić information content (AvgIpc) is 3.20. The Morgan fingerprint density at radius 2 is 1.53 bits per heavy atom. The van der Waals surface area contributed by atoms with Gasteiger partial charge in [-0.15, -0.1) is 0 Å². The summed E-state index contributed by atoms with van der Waals surface area (Å²) in [7, 11) is 4.52. The van der Waals surface area contributed by atoms with E-state index in [-0.39, 0.29) is 5.91 Å². The van der Waals surface area contributed by atoms with Crippen LogP contribution in [0.2, 0.25) is 0 Å². The van der Waals surface area contributed by atoms with Crippen LogP contribution >= 0.6 is 0 Å². The number of nitrogens with zero attached hydrogens (tertiary/aromatic N) is 1. The zero-order valence-electron chi connectivity index (χ0n) is 18.6. The van der Waals surface area contributed by atoms with Crippen LogP contribution in [0.3, 0.4) is 0 Å². The van der Waals surface area contributed by atoms with Crippen LogP contribution in [0.25, 0.3) is 22.6 Å². The molecule has 0 aliphatic heterocycles. The van der Waals surface area contributed by atoms with E-state index in [0.717, 1.165) is 16.7 Å². The zero-order valence-corrected chi connectivity index (χ0v) is 18.6. The van der Waals surface area contributed by atoms with E-state index in [9.17, 15) is 4.79 Å². The minimum atomic E-state index is -0.318. The molecule has 0 saturated heterocycles. The molecule has 0 saturated carbocycles. The van der Waals surface area contributed by atoms with Gasteiger partial charge in [0, 0.05) is 16.8 Å². The Kier molecular flexibility index (Phi) is 5.73. The lowest BCUT2D eigenvalue weighted by Crippen LogP contribution is -2.12. The molecule has 3 aromatic carbocycles. The summed E-state index contributed by atoms with van der Waals surface area (Å²) in [6.07, 6.45) is 0. The number of aromatic nitrogens is 1. The Morgan fingerprint density at radius 1 is 0.875 bits per heavy atom. The van der Waals surface area contributed by atoms with E-state index < -0.39 is 0 Å². The number of hydrogen-bond donors (Lipinski definition) is 1. The molecule has 4 aromatic rings. The maximum Gasteiger partial charge on any atom is 0.255 e. The van der Waals surface area contributed by atoms with Crippen LogP contribution < -0.4 is 19.5 Å². The molecule has 7 nitrogen and oxygen atoms in total. The number of rotatable bonds is 6. The number of amides is 1. The normalized spacial score (nSPS) is 10.8. The molecule has 0 unspecified atom stereocenters. The van der Waals surface area contributed by atoms with E-state index in [2.05, 4.69) is 16.4 Å². The number of hydrogen-bond acceptors (Lipinski definition) is 6. The van der Waals surface area contributed by atoms with Crippen molar-refractivity contribution in [3.05, 3.63) is 65.2 Å². The first-order valence-electron chi connectivity index (χ1n) is 10.0. The topological polar surface area (TPSA) is 82.8 Å². The molecule has 0 fully saturated rings. The molecule has 1 amide bonds. The summed E-state index contributed by atoms with van der Waals surface area (Å²) < 4.78 is 21.9. The zero-order chi connectivity index (χ0) is 22.8. The lowest BCUT2D eigenvalue weighted by Gasteiger charge is -2.14. The molecule has 1 aromatic heterocycles. The van der Waals surface area contributed by atoms with E-state index >= 15 is 0 Å². The van der Waals surface area contributed by atoms with Gasteiger partial charge < -0.3 is 23.9 Å².